The average Bonchev–Trinajstić information content (AvgIpc) is 2.28. The Kier molecular flexibility index (Phi) is 5.38. The van der Waals surface area contributed by atoms with E-state index in [0.717, 1.165) is 36.1 Å². The number of nitrogens with zero attached hydrogens (tertiary/aromatic N) is 2. The SMILES string of the molecule is Cc1c(N)nc(C(C)C)nc1NCCCC(C)C. The zero-order chi connectivity index (χ0) is 13.7. The van der Waals surface area contributed by atoms with Crippen molar-refractivity contribution in [2.45, 2.75) is 53.4 Å². The number of nitrogens with one attached hydrogen (secondary N) is 1. The second-order valence-electron chi connectivity index (χ2n) is 5.56. The van der Waals surface area contributed by atoms with E-state index in [1.165, 1.54) is 6.42 Å². The van der Waals surface area contributed by atoms with Gasteiger partial charge in [0.05, 0.1) is 0 Å². The maximum absolute atomic E-state index is 5.92. The van der Waals surface area contributed by atoms with E-state index in [2.05, 4.69) is 43.0 Å². The maximum Gasteiger partial charge on any atom is 0.135 e. The van der Waals surface area contributed by atoms with Gasteiger partial charge in [0.25, 0.3) is 0 Å². The summed E-state index contributed by atoms with van der Waals surface area (Å²) in [4.78, 5) is 8.86. The molecule has 0 aliphatic carbocycles. The Labute approximate surface area is 110 Å². The van der Waals surface area contributed by atoms with Gasteiger partial charge in [-0.2, -0.15) is 0 Å². The fourth-order valence-electron chi connectivity index (χ4n) is 1.70. The first-order valence-electron chi connectivity index (χ1n) is 6.79. The lowest BCUT2D eigenvalue weighted by Gasteiger charge is -2.13. The van der Waals surface area contributed by atoms with Crippen molar-refractivity contribution in [1.29, 1.82) is 0 Å². The van der Waals surface area contributed by atoms with Crippen LogP contribution in [0.15, 0.2) is 0 Å². The van der Waals surface area contributed by atoms with E-state index in [4.69, 9.17) is 5.73 Å². The van der Waals surface area contributed by atoms with Crippen molar-refractivity contribution < 1.29 is 0 Å². The fraction of sp³-hybridized carbons (Fsp3) is 0.714. The van der Waals surface area contributed by atoms with E-state index < -0.39 is 0 Å². The Bertz CT molecular complexity index is 386. The summed E-state index contributed by atoms with van der Waals surface area (Å²) in [6, 6.07) is 0. The third kappa shape index (κ3) is 4.17. The molecule has 0 bridgehead atoms. The van der Waals surface area contributed by atoms with Gasteiger partial charge in [0.15, 0.2) is 0 Å². The Hall–Kier alpha value is -1.32. The van der Waals surface area contributed by atoms with Crippen molar-refractivity contribution in [2.75, 3.05) is 17.6 Å². The largest absolute Gasteiger partial charge is 0.383 e. The van der Waals surface area contributed by atoms with E-state index in [0.29, 0.717) is 11.7 Å². The van der Waals surface area contributed by atoms with Crippen molar-refractivity contribution in [1.82, 2.24) is 9.97 Å². The molecule has 1 rings (SSSR count). The lowest BCUT2D eigenvalue weighted by Crippen LogP contribution is -2.11. The molecule has 0 saturated carbocycles. The number of rotatable bonds is 6. The summed E-state index contributed by atoms with van der Waals surface area (Å²) in [7, 11) is 0. The summed E-state index contributed by atoms with van der Waals surface area (Å²) in [5, 5.41) is 3.37. The Morgan fingerprint density at radius 1 is 1.17 bits per heavy atom. The number of aromatic nitrogens is 2. The van der Waals surface area contributed by atoms with Crippen LogP contribution in [-0.4, -0.2) is 16.5 Å². The van der Waals surface area contributed by atoms with E-state index in [1.54, 1.807) is 0 Å². The minimum absolute atomic E-state index is 0.295. The van der Waals surface area contributed by atoms with E-state index in [1.807, 2.05) is 6.92 Å². The van der Waals surface area contributed by atoms with Crippen molar-refractivity contribution in [3.8, 4) is 0 Å². The summed E-state index contributed by atoms with van der Waals surface area (Å²) in [5.41, 5.74) is 6.87. The summed E-state index contributed by atoms with van der Waals surface area (Å²) >= 11 is 0. The van der Waals surface area contributed by atoms with Crippen LogP contribution in [0.5, 0.6) is 0 Å². The lowest BCUT2D eigenvalue weighted by atomic mass is 10.1. The van der Waals surface area contributed by atoms with Gasteiger partial charge in [-0.05, 0) is 25.7 Å². The van der Waals surface area contributed by atoms with Gasteiger partial charge in [-0.1, -0.05) is 27.7 Å². The maximum atomic E-state index is 5.92. The topological polar surface area (TPSA) is 63.8 Å². The monoisotopic (exact) mass is 250 g/mol. The number of hydrogen-bond donors (Lipinski definition) is 2. The van der Waals surface area contributed by atoms with Gasteiger partial charge in [-0.3, -0.25) is 0 Å². The summed E-state index contributed by atoms with van der Waals surface area (Å²) < 4.78 is 0. The molecular weight excluding hydrogens is 224 g/mol. The van der Waals surface area contributed by atoms with Crippen molar-refractivity contribution in [3.63, 3.8) is 0 Å². The molecule has 0 amide bonds. The molecule has 0 spiro atoms. The molecule has 0 radical (unpaired) electrons. The molecule has 0 saturated heterocycles. The molecule has 3 N–H and O–H groups in total. The van der Waals surface area contributed by atoms with Crippen LogP contribution in [0.25, 0.3) is 0 Å². The molecule has 0 aromatic carbocycles. The van der Waals surface area contributed by atoms with Crippen molar-refractivity contribution in [3.05, 3.63) is 11.4 Å². The second-order valence-corrected chi connectivity index (χ2v) is 5.56. The van der Waals surface area contributed by atoms with E-state index in [-0.39, 0.29) is 0 Å². The number of nitrogens with two attached hydrogens (primary N) is 1. The van der Waals surface area contributed by atoms with Crippen LogP contribution in [0, 0.1) is 12.8 Å². The van der Waals surface area contributed by atoms with Gasteiger partial charge >= 0.3 is 0 Å². The fourth-order valence-corrected chi connectivity index (χ4v) is 1.70. The Morgan fingerprint density at radius 2 is 1.83 bits per heavy atom. The van der Waals surface area contributed by atoms with E-state index >= 15 is 0 Å². The molecule has 0 aliphatic heterocycles. The highest BCUT2D eigenvalue weighted by atomic mass is 15.1. The lowest BCUT2D eigenvalue weighted by molar-refractivity contribution is 0.566. The zero-order valence-corrected chi connectivity index (χ0v) is 12.2. The average molecular weight is 250 g/mol. The third-order valence-corrected chi connectivity index (χ3v) is 2.97. The standard InChI is InChI=1S/C14H26N4/c1-9(2)7-6-8-16-14-11(5)12(15)17-13(18-14)10(3)4/h9-10H,6-8H2,1-5H3,(H3,15,16,17,18). The summed E-state index contributed by atoms with van der Waals surface area (Å²) in [6.45, 7) is 11.5. The molecular formula is C14H26N4. The van der Waals surface area contributed by atoms with Crippen LogP contribution in [0.1, 0.15) is 57.8 Å². The molecule has 0 aliphatic rings. The molecule has 1 aromatic heterocycles. The summed E-state index contributed by atoms with van der Waals surface area (Å²) in [6.07, 6.45) is 2.38. The highest BCUT2D eigenvalue weighted by Crippen LogP contribution is 2.20. The second kappa shape index (κ2) is 6.57. The first kappa shape index (κ1) is 14.7. The molecule has 0 unspecified atom stereocenters. The van der Waals surface area contributed by atoms with Gasteiger partial charge in [-0.15, -0.1) is 0 Å². The molecule has 18 heavy (non-hydrogen) atoms. The minimum Gasteiger partial charge on any atom is -0.383 e. The first-order valence-corrected chi connectivity index (χ1v) is 6.79. The van der Waals surface area contributed by atoms with Crippen molar-refractivity contribution >= 4 is 11.6 Å². The minimum atomic E-state index is 0.295. The molecule has 0 atom stereocenters. The molecule has 102 valence electrons. The van der Waals surface area contributed by atoms with Crippen LogP contribution in [0.2, 0.25) is 0 Å². The highest BCUT2D eigenvalue weighted by Gasteiger charge is 2.10. The predicted molar refractivity (Wildman–Crippen MR) is 77.8 cm³/mol. The summed E-state index contributed by atoms with van der Waals surface area (Å²) in [5.74, 6) is 3.32. The van der Waals surface area contributed by atoms with Gasteiger partial charge in [0, 0.05) is 18.0 Å². The van der Waals surface area contributed by atoms with Crippen LogP contribution in [0.3, 0.4) is 0 Å². The highest BCUT2D eigenvalue weighted by molar-refractivity contribution is 5.54. The first-order chi connectivity index (χ1) is 8.41. The van der Waals surface area contributed by atoms with E-state index in [9.17, 15) is 0 Å². The zero-order valence-electron chi connectivity index (χ0n) is 12.2. The van der Waals surface area contributed by atoms with Gasteiger partial charge in [0.2, 0.25) is 0 Å². The quantitative estimate of drug-likeness (QED) is 0.760. The molecule has 1 heterocycles. The molecule has 4 heteroatoms. The smallest absolute Gasteiger partial charge is 0.135 e. The van der Waals surface area contributed by atoms with Gasteiger partial charge in [0.1, 0.15) is 17.5 Å². The third-order valence-electron chi connectivity index (χ3n) is 2.97. The van der Waals surface area contributed by atoms with Crippen LogP contribution >= 0.6 is 0 Å². The Balaban J connectivity index is 2.69. The van der Waals surface area contributed by atoms with Crippen LogP contribution in [0.4, 0.5) is 11.6 Å². The van der Waals surface area contributed by atoms with Crippen LogP contribution < -0.4 is 11.1 Å². The molecule has 4 nitrogen and oxygen atoms in total. The van der Waals surface area contributed by atoms with Gasteiger partial charge < -0.3 is 11.1 Å². The Morgan fingerprint density at radius 3 is 2.39 bits per heavy atom. The number of anilines is 2. The number of nitrogen functional groups attached to an aromatic ring is 1. The van der Waals surface area contributed by atoms with Gasteiger partial charge in [-0.25, -0.2) is 9.97 Å². The van der Waals surface area contributed by atoms with Crippen LogP contribution in [-0.2, 0) is 0 Å². The molecule has 1 aromatic rings. The normalized spacial score (nSPS) is 11.3. The predicted octanol–water partition coefficient (Wildman–Crippen LogP) is 3.34. The number of hydrogen-bond acceptors (Lipinski definition) is 4. The molecule has 0 fully saturated rings. The van der Waals surface area contributed by atoms with Crippen molar-refractivity contribution in [2.24, 2.45) is 5.92 Å².